The van der Waals surface area contributed by atoms with Gasteiger partial charge in [0.1, 0.15) is 4.90 Å². The molecule has 3 rings (SSSR count). The molecular formula is C14H20N6O3S. The van der Waals surface area contributed by atoms with Crippen molar-refractivity contribution in [3.63, 3.8) is 0 Å². The van der Waals surface area contributed by atoms with Crippen LogP contribution < -0.4 is 9.62 Å². The van der Waals surface area contributed by atoms with E-state index in [0.29, 0.717) is 36.2 Å². The number of aryl methyl sites for hydroxylation is 2. The molecule has 0 aliphatic carbocycles. The fourth-order valence-corrected chi connectivity index (χ4v) is 3.94. The van der Waals surface area contributed by atoms with Crippen molar-refractivity contribution in [3.05, 3.63) is 29.3 Å². The van der Waals surface area contributed by atoms with Gasteiger partial charge in [-0.25, -0.2) is 23.1 Å². The summed E-state index contributed by atoms with van der Waals surface area (Å²) in [4.78, 5) is 10.9. The predicted octanol–water partition coefficient (Wildman–Crippen LogP) is 0.132. The summed E-state index contributed by atoms with van der Waals surface area (Å²) in [5.74, 6) is 0.589. The van der Waals surface area contributed by atoms with Crippen LogP contribution in [-0.2, 0) is 21.3 Å². The van der Waals surface area contributed by atoms with Crippen LogP contribution in [0.1, 0.15) is 17.1 Å². The molecule has 10 heteroatoms. The lowest BCUT2D eigenvalue weighted by atomic mass is 10.4. The van der Waals surface area contributed by atoms with Gasteiger partial charge in [-0.15, -0.1) is 0 Å². The van der Waals surface area contributed by atoms with Crippen molar-refractivity contribution in [1.82, 2.24) is 24.9 Å². The third-order valence-electron chi connectivity index (χ3n) is 3.77. The van der Waals surface area contributed by atoms with Gasteiger partial charge in [-0.2, -0.15) is 5.10 Å². The second-order valence-electron chi connectivity index (χ2n) is 5.54. The first kappa shape index (κ1) is 16.8. The Kier molecular flexibility index (Phi) is 4.78. The summed E-state index contributed by atoms with van der Waals surface area (Å²) in [6, 6.07) is 1.70. The Morgan fingerprint density at radius 3 is 2.75 bits per heavy atom. The summed E-state index contributed by atoms with van der Waals surface area (Å²) in [7, 11) is -3.65. The van der Waals surface area contributed by atoms with Crippen LogP contribution in [0, 0.1) is 13.8 Å². The highest BCUT2D eigenvalue weighted by molar-refractivity contribution is 7.89. The number of sulfonamides is 1. The molecule has 0 amide bonds. The van der Waals surface area contributed by atoms with Crippen molar-refractivity contribution in [2.45, 2.75) is 25.3 Å². The van der Waals surface area contributed by atoms with Gasteiger partial charge in [0.15, 0.2) is 0 Å². The maximum atomic E-state index is 12.5. The molecule has 9 nitrogen and oxygen atoms in total. The molecule has 0 spiro atoms. The van der Waals surface area contributed by atoms with Gasteiger partial charge in [0.2, 0.25) is 16.0 Å². The van der Waals surface area contributed by atoms with Crippen molar-refractivity contribution < 1.29 is 13.2 Å². The first-order valence-corrected chi connectivity index (χ1v) is 9.11. The van der Waals surface area contributed by atoms with Crippen LogP contribution in [-0.4, -0.2) is 54.9 Å². The first-order chi connectivity index (χ1) is 11.5. The monoisotopic (exact) mass is 352 g/mol. The summed E-state index contributed by atoms with van der Waals surface area (Å²) in [6.07, 6.45) is 1.63. The molecule has 0 bridgehead atoms. The van der Waals surface area contributed by atoms with Gasteiger partial charge in [0, 0.05) is 19.3 Å². The number of anilines is 1. The maximum absolute atomic E-state index is 12.5. The van der Waals surface area contributed by atoms with E-state index in [4.69, 9.17) is 4.74 Å². The number of hydrogen-bond acceptors (Lipinski definition) is 7. The molecule has 1 aliphatic rings. The van der Waals surface area contributed by atoms with E-state index in [1.165, 1.54) is 0 Å². The zero-order valence-corrected chi connectivity index (χ0v) is 14.4. The van der Waals surface area contributed by atoms with Gasteiger partial charge in [-0.3, -0.25) is 5.10 Å². The Morgan fingerprint density at radius 1 is 1.33 bits per heavy atom. The van der Waals surface area contributed by atoms with Crippen molar-refractivity contribution in [1.29, 1.82) is 0 Å². The first-order valence-electron chi connectivity index (χ1n) is 7.63. The Bertz CT molecular complexity index is 794. The molecule has 2 N–H and O–H groups in total. The number of ether oxygens (including phenoxy) is 1. The highest BCUT2D eigenvalue weighted by Gasteiger charge is 2.22. The van der Waals surface area contributed by atoms with Crippen LogP contribution in [0.15, 0.2) is 17.2 Å². The highest BCUT2D eigenvalue weighted by atomic mass is 32.2. The molecule has 0 unspecified atom stereocenters. The molecule has 0 aromatic carbocycles. The van der Waals surface area contributed by atoms with Crippen molar-refractivity contribution >= 4 is 16.0 Å². The van der Waals surface area contributed by atoms with E-state index in [0.717, 1.165) is 13.1 Å². The van der Waals surface area contributed by atoms with Gasteiger partial charge in [0.25, 0.3) is 0 Å². The van der Waals surface area contributed by atoms with Gasteiger partial charge >= 0.3 is 0 Å². The standard InChI is InChI=1S/C14H20N6O3S/c1-10-13(11(2)19-18-10)24(21,22)16-9-12-3-4-15-14(17-12)20-5-7-23-8-6-20/h3-4,16H,5-9H2,1-2H3,(H,18,19). The molecule has 0 radical (unpaired) electrons. The van der Waals surface area contributed by atoms with Gasteiger partial charge in [-0.05, 0) is 19.9 Å². The molecule has 0 atom stereocenters. The lowest BCUT2D eigenvalue weighted by Crippen LogP contribution is -2.37. The fraction of sp³-hybridized carbons (Fsp3) is 0.500. The van der Waals surface area contributed by atoms with Crippen LogP contribution in [0.5, 0.6) is 0 Å². The Morgan fingerprint density at radius 2 is 2.08 bits per heavy atom. The molecule has 0 saturated carbocycles. The normalized spacial score (nSPS) is 15.7. The highest BCUT2D eigenvalue weighted by Crippen LogP contribution is 2.17. The molecule has 1 aliphatic heterocycles. The van der Waals surface area contributed by atoms with Crippen LogP contribution >= 0.6 is 0 Å². The maximum Gasteiger partial charge on any atom is 0.244 e. The van der Waals surface area contributed by atoms with Gasteiger partial charge in [0.05, 0.1) is 36.8 Å². The molecular weight excluding hydrogens is 332 g/mol. The number of rotatable bonds is 5. The number of hydrogen-bond donors (Lipinski definition) is 2. The molecule has 1 fully saturated rings. The van der Waals surface area contributed by atoms with Gasteiger partial charge < -0.3 is 9.64 Å². The summed E-state index contributed by atoms with van der Waals surface area (Å²) in [5, 5.41) is 6.60. The SMILES string of the molecule is Cc1n[nH]c(C)c1S(=O)(=O)NCc1ccnc(N2CCOCC2)n1. The molecule has 2 aromatic heterocycles. The second-order valence-corrected chi connectivity index (χ2v) is 7.24. The summed E-state index contributed by atoms with van der Waals surface area (Å²) >= 11 is 0. The Hall–Kier alpha value is -2.04. The smallest absolute Gasteiger partial charge is 0.244 e. The van der Waals surface area contributed by atoms with Crippen LogP contribution in [0.2, 0.25) is 0 Å². The van der Waals surface area contributed by atoms with E-state index in [2.05, 4.69) is 24.9 Å². The number of morpholine rings is 1. The third kappa shape index (κ3) is 3.55. The third-order valence-corrected chi connectivity index (χ3v) is 5.43. The summed E-state index contributed by atoms with van der Waals surface area (Å²) < 4.78 is 32.8. The van der Waals surface area contributed by atoms with E-state index >= 15 is 0 Å². The molecule has 1 saturated heterocycles. The van der Waals surface area contributed by atoms with Crippen LogP contribution in [0.25, 0.3) is 0 Å². The van der Waals surface area contributed by atoms with E-state index < -0.39 is 10.0 Å². The van der Waals surface area contributed by atoms with E-state index in [-0.39, 0.29) is 11.4 Å². The predicted molar refractivity (Wildman–Crippen MR) is 87.2 cm³/mol. The number of aromatic nitrogens is 4. The minimum Gasteiger partial charge on any atom is -0.378 e. The van der Waals surface area contributed by atoms with Crippen molar-refractivity contribution in [2.24, 2.45) is 0 Å². The number of aromatic amines is 1. The topological polar surface area (TPSA) is 113 Å². The Labute approximate surface area is 140 Å². The minimum absolute atomic E-state index is 0.0895. The quantitative estimate of drug-likeness (QED) is 0.786. The van der Waals surface area contributed by atoms with Crippen LogP contribution in [0.4, 0.5) is 5.95 Å². The zero-order valence-electron chi connectivity index (χ0n) is 13.6. The minimum atomic E-state index is -3.65. The molecule has 24 heavy (non-hydrogen) atoms. The van der Waals surface area contributed by atoms with Crippen molar-refractivity contribution in [3.8, 4) is 0 Å². The Balaban J connectivity index is 1.72. The van der Waals surface area contributed by atoms with E-state index in [1.54, 1.807) is 26.1 Å². The second kappa shape index (κ2) is 6.83. The summed E-state index contributed by atoms with van der Waals surface area (Å²) in [5.41, 5.74) is 1.56. The van der Waals surface area contributed by atoms with Crippen LogP contribution in [0.3, 0.4) is 0 Å². The van der Waals surface area contributed by atoms with E-state index in [9.17, 15) is 8.42 Å². The van der Waals surface area contributed by atoms with Gasteiger partial charge in [-0.1, -0.05) is 0 Å². The average molecular weight is 352 g/mol. The molecule has 130 valence electrons. The zero-order chi connectivity index (χ0) is 17.2. The largest absolute Gasteiger partial charge is 0.378 e. The fourth-order valence-electron chi connectivity index (χ4n) is 2.58. The number of nitrogens with one attached hydrogen (secondary N) is 2. The van der Waals surface area contributed by atoms with Crippen molar-refractivity contribution in [2.75, 3.05) is 31.2 Å². The number of H-pyrrole nitrogens is 1. The molecule has 2 aromatic rings. The lowest BCUT2D eigenvalue weighted by Gasteiger charge is -2.26. The summed E-state index contributed by atoms with van der Waals surface area (Å²) in [6.45, 7) is 6.14. The lowest BCUT2D eigenvalue weighted by molar-refractivity contribution is 0.122. The number of nitrogens with zero attached hydrogens (tertiary/aromatic N) is 4. The van der Waals surface area contributed by atoms with E-state index in [1.807, 2.05) is 4.90 Å². The average Bonchev–Trinajstić information content (AvgIpc) is 2.94. The molecule has 3 heterocycles.